The van der Waals surface area contributed by atoms with Crippen LogP contribution in [0.2, 0.25) is 0 Å². The molecule has 0 spiro atoms. The summed E-state index contributed by atoms with van der Waals surface area (Å²) >= 11 is 0. The van der Waals surface area contributed by atoms with Crippen molar-refractivity contribution in [1.82, 2.24) is 24.5 Å². The highest BCUT2D eigenvalue weighted by atomic mass is 15.3. The van der Waals surface area contributed by atoms with Crippen molar-refractivity contribution in [2.75, 3.05) is 4.90 Å². The number of aromatic nitrogens is 5. The van der Waals surface area contributed by atoms with Gasteiger partial charge in [0.25, 0.3) is 0 Å². The molecule has 0 fully saturated rings. The fourth-order valence-electron chi connectivity index (χ4n) is 5.53. The topological polar surface area (TPSA) is 83.5 Å². The molecule has 0 saturated heterocycles. The summed E-state index contributed by atoms with van der Waals surface area (Å²) in [5.41, 5.74) is 6.76. The van der Waals surface area contributed by atoms with Crippen LogP contribution in [0.1, 0.15) is 30.5 Å². The minimum atomic E-state index is -0.169. The van der Waals surface area contributed by atoms with Gasteiger partial charge in [-0.2, -0.15) is 10.2 Å². The summed E-state index contributed by atoms with van der Waals surface area (Å²) in [5, 5.41) is 11.3. The number of fused-ring (bicyclic) bond motifs is 5. The Bertz CT molecular complexity index is 1840. The summed E-state index contributed by atoms with van der Waals surface area (Å²) in [6.07, 6.45) is 5.13. The predicted molar refractivity (Wildman–Crippen MR) is 143 cm³/mol. The van der Waals surface area contributed by atoms with Gasteiger partial charge < -0.3 is 0 Å². The Kier molecular flexibility index (Phi) is 4.42. The molecule has 0 bridgehead atoms. The van der Waals surface area contributed by atoms with Crippen LogP contribution in [-0.4, -0.2) is 24.5 Å². The van der Waals surface area contributed by atoms with Gasteiger partial charge in [-0.25, -0.2) is 9.97 Å². The van der Waals surface area contributed by atoms with Crippen molar-refractivity contribution >= 4 is 39.1 Å². The third kappa shape index (κ3) is 2.99. The monoisotopic (exact) mass is 479 g/mol. The number of rotatable bonds is 2. The van der Waals surface area contributed by atoms with Gasteiger partial charge in [-0.15, -0.1) is 0 Å². The second kappa shape index (κ2) is 7.70. The number of hydrogen-bond donors (Lipinski definition) is 0. The number of nitrogens with zero attached hydrogens (tertiary/aromatic N) is 7. The van der Waals surface area contributed by atoms with Crippen molar-refractivity contribution in [3.63, 3.8) is 0 Å². The van der Waals surface area contributed by atoms with Gasteiger partial charge in [-0.1, -0.05) is 50.2 Å². The SMILES string of the molecule is CC1(C)c2ccccc2N(c2ncnc(-n3c4ccncc4c4cc(C#N)ccc43)n2)c2ccccc21. The molecular weight excluding hydrogens is 458 g/mol. The standard InChI is InChI=1S/C30H21N7/c1-30(2)22-7-3-5-9-26(22)37(27-10-6-4-8-23(27)30)29-34-18-33-28(35-29)36-24-12-11-19(16-31)15-20(24)21-17-32-14-13-25(21)36/h3-15,17-18H,1-2H3. The highest BCUT2D eigenvalue weighted by molar-refractivity contribution is 6.09. The summed E-state index contributed by atoms with van der Waals surface area (Å²) in [7, 11) is 0. The van der Waals surface area contributed by atoms with Crippen LogP contribution < -0.4 is 4.90 Å². The third-order valence-electron chi connectivity index (χ3n) is 7.28. The largest absolute Gasteiger partial charge is 0.278 e. The van der Waals surface area contributed by atoms with Crippen LogP contribution in [0.3, 0.4) is 0 Å². The number of anilines is 3. The summed E-state index contributed by atoms with van der Waals surface area (Å²) in [6.45, 7) is 4.50. The lowest BCUT2D eigenvalue weighted by atomic mass is 9.74. The number of para-hydroxylation sites is 2. The Morgan fingerprint density at radius 3 is 2.19 bits per heavy atom. The van der Waals surface area contributed by atoms with Gasteiger partial charge in [-0.05, 0) is 47.5 Å². The lowest BCUT2D eigenvalue weighted by Crippen LogP contribution is -2.31. The Balaban J connectivity index is 1.49. The Morgan fingerprint density at radius 1 is 0.784 bits per heavy atom. The number of pyridine rings is 1. The molecule has 0 amide bonds. The molecule has 0 atom stereocenters. The molecule has 1 aliphatic heterocycles. The molecule has 37 heavy (non-hydrogen) atoms. The average Bonchev–Trinajstić information content (AvgIpc) is 3.27. The highest BCUT2D eigenvalue weighted by Gasteiger charge is 2.37. The summed E-state index contributed by atoms with van der Waals surface area (Å²) < 4.78 is 2.00. The zero-order valence-corrected chi connectivity index (χ0v) is 20.3. The lowest BCUT2D eigenvalue weighted by Gasteiger charge is -2.40. The Labute approximate surface area is 213 Å². The maximum atomic E-state index is 9.46. The van der Waals surface area contributed by atoms with E-state index in [1.165, 1.54) is 11.1 Å². The molecule has 7 rings (SSSR count). The predicted octanol–water partition coefficient (Wildman–Crippen LogP) is 6.34. The fourth-order valence-corrected chi connectivity index (χ4v) is 5.53. The smallest absolute Gasteiger partial charge is 0.239 e. The van der Waals surface area contributed by atoms with E-state index in [0.717, 1.165) is 33.2 Å². The van der Waals surface area contributed by atoms with Crippen LogP contribution in [0.4, 0.5) is 17.3 Å². The fraction of sp³-hybridized carbons (Fsp3) is 0.100. The van der Waals surface area contributed by atoms with Crippen molar-refractivity contribution in [1.29, 1.82) is 5.26 Å². The maximum Gasteiger partial charge on any atom is 0.239 e. The first kappa shape index (κ1) is 21.2. The summed E-state index contributed by atoms with van der Waals surface area (Å²) in [5.74, 6) is 1.04. The van der Waals surface area contributed by atoms with Gasteiger partial charge in [0.1, 0.15) is 6.33 Å². The van der Waals surface area contributed by atoms with Crippen LogP contribution in [0.25, 0.3) is 27.8 Å². The lowest BCUT2D eigenvalue weighted by molar-refractivity contribution is 0.630. The minimum Gasteiger partial charge on any atom is -0.278 e. The molecule has 3 aromatic carbocycles. The van der Waals surface area contributed by atoms with E-state index in [9.17, 15) is 5.26 Å². The van der Waals surface area contributed by atoms with Crippen LogP contribution in [0.5, 0.6) is 0 Å². The molecular formula is C30H21N7. The average molecular weight is 480 g/mol. The molecule has 3 aromatic heterocycles. The van der Waals surface area contributed by atoms with Crippen LogP contribution in [-0.2, 0) is 5.41 Å². The maximum absolute atomic E-state index is 9.46. The molecule has 4 heterocycles. The minimum absolute atomic E-state index is 0.169. The Morgan fingerprint density at radius 2 is 1.46 bits per heavy atom. The van der Waals surface area contributed by atoms with E-state index >= 15 is 0 Å². The first-order valence-corrected chi connectivity index (χ1v) is 12.0. The zero-order valence-electron chi connectivity index (χ0n) is 20.3. The normalized spacial score (nSPS) is 13.8. The van der Waals surface area contributed by atoms with E-state index in [-0.39, 0.29) is 5.41 Å². The summed E-state index contributed by atoms with van der Waals surface area (Å²) in [6, 6.07) is 26.6. The first-order chi connectivity index (χ1) is 18.1. The zero-order chi connectivity index (χ0) is 25.1. The Hall–Kier alpha value is -5.09. The highest BCUT2D eigenvalue weighted by Crippen LogP contribution is 2.50. The number of nitriles is 1. The molecule has 0 saturated carbocycles. The van der Waals surface area contributed by atoms with Crippen LogP contribution in [0.15, 0.2) is 91.5 Å². The molecule has 7 heteroatoms. The quantitative estimate of drug-likeness (QED) is 0.288. The van der Waals surface area contributed by atoms with Gasteiger partial charge in [0.15, 0.2) is 0 Å². The van der Waals surface area contributed by atoms with E-state index in [1.807, 2.05) is 47.2 Å². The van der Waals surface area contributed by atoms with Crippen LogP contribution >= 0.6 is 0 Å². The second-order valence-electron chi connectivity index (χ2n) is 9.65. The van der Waals surface area contributed by atoms with Crippen LogP contribution in [0, 0.1) is 11.3 Å². The molecule has 6 aromatic rings. The van der Waals surface area contributed by atoms with Crippen molar-refractivity contribution in [2.45, 2.75) is 19.3 Å². The van der Waals surface area contributed by atoms with Gasteiger partial charge in [0, 0.05) is 28.6 Å². The third-order valence-corrected chi connectivity index (χ3v) is 7.28. The van der Waals surface area contributed by atoms with Crippen molar-refractivity contribution in [3.8, 4) is 12.0 Å². The van der Waals surface area contributed by atoms with E-state index < -0.39 is 0 Å². The second-order valence-corrected chi connectivity index (χ2v) is 9.65. The molecule has 176 valence electrons. The number of benzene rings is 3. The van der Waals surface area contributed by atoms with Gasteiger partial charge in [0.05, 0.1) is 34.0 Å². The van der Waals surface area contributed by atoms with E-state index in [1.54, 1.807) is 12.5 Å². The summed E-state index contributed by atoms with van der Waals surface area (Å²) in [4.78, 5) is 20.7. The molecule has 0 unspecified atom stereocenters. The van der Waals surface area contributed by atoms with E-state index in [4.69, 9.17) is 4.98 Å². The van der Waals surface area contributed by atoms with Gasteiger partial charge >= 0.3 is 0 Å². The van der Waals surface area contributed by atoms with Gasteiger partial charge in [0.2, 0.25) is 11.9 Å². The van der Waals surface area contributed by atoms with Gasteiger partial charge in [-0.3, -0.25) is 14.5 Å². The van der Waals surface area contributed by atoms with Crippen molar-refractivity contribution < 1.29 is 0 Å². The molecule has 1 aliphatic rings. The van der Waals surface area contributed by atoms with E-state index in [2.05, 4.69) is 76.2 Å². The number of hydrogen-bond acceptors (Lipinski definition) is 6. The van der Waals surface area contributed by atoms with Crippen molar-refractivity contribution in [2.24, 2.45) is 0 Å². The van der Waals surface area contributed by atoms with E-state index in [0.29, 0.717) is 17.5 Å². The molecule has 0 N–H and O–H groups in total. The molecule has 7 nitrogen and oxygen atoms in total. The molecule has 0 aliphatic carbocycles. The molecule has 0 radical (unpaired) electrons. The first-order valence-electron chi connectivity index (χ1n) is 12.0. The van der Waals surface area contributed by atoms with Crippen molar-refractivity contribution in [3.05, 3.63) is 108 Å².